The van der Waals surface area contributed by atoms with Gasteiger partial charge in [-0.1, -0.05) is 30.3 Å². The monoisotopic (exact) mass is 453 g/mol. The molecule has 1 fully saturated rings. The van der Waals surface area contributed by atoms with Gasteiger partial charge < -0.3 is 9.84 Å². The molecule has 0 saturated carbocycles. The molecule has 1 saturated heterocycles. The fourth-order valence-electron chi connectivity index (χ4n) is 4.50. The largest absolute Gasteiger partial charge is 0.476 e. The lowest BCUT2D eigenvalue weighted by Crippen LogP contribution is -2.35. The van der Waals surface area contributed by atoms with Gasteiger partial charge in [0.2, 0.25) is 0 Å². The molecule has 3 heterocycles. The first kappa shape index (κ1) is 20.9. The van der Waals surface area contributed by atoms with Gasteiger partial charge in [-0.15, -0.1) is 0 Å². The average Bonchev–Trinajstić information content (AvgIpc) is 3.14. The van der Waals surface area contributed by atoms with Crippen LogP contribution in [0.1, 0.15) is 27.2 Å². The van der Waals surface area contributed by atoms with E-state index in [1.807, 2.05) is 24.3 Å². The number of rotatable bonds is 4. The highest BCUT2D eigenvalue weighted by molar-refractivity contribution is 7.91. The van der Waals surface area contributed by atoms with E-state index >= 15 is 0 Å². The molecule has 9 heteroatoms. The number of aromatic nitrogens is 2. The van der Waals surface area contributed by atoms with E-state index in [1.54, 1.807) is 29.8 Å². The third kappa shape index (κ3) is 3.52. The molecule has 8 nitrogen and oxygen atoms in total. The van der Waals surface area contributed by atoms with E-state index in [0.29, 0.717) is 22.5 Å². The van der Waals surface area contributed by atoms with Crippen molar-refractivity contribution >= 4 is 15.8 Å². The van der Waals surface area contributed by atoms with Crippen molar-refractivity contribution in [2.75, 3.05) is 26.3 Å². The number of hydrogen-bond acceptors (Lipinski definition) is 6. The SMILES string of the molecule is Cc1cccc2c1S(=O)(=O)Cc1c(C(=O)O)nn(-c3ccc(CN4CCOCC4)cc3)c1-2. The first-order valence-electron chi connectivity index (χ1n) is 10.4. The lowest BCUT2D eigenvalue weighted by molar-refractivity contribution is 0.0342. The van der Waals surface area contributed by atoms with Crippen molar-refractivity contribution < 1.29 is 23.1 Å². The van der Waals surface area contributed by atoms with Crippen LogP contribution in [-0.4, -0.2) is 60.5 Å². The summed E-state index contributed by atoms with van der Waals surface area (Å²) in [6.45, 7) is 5.80. The number of fused-ring (bicyclic) bond motifs is 3. The number of aromatic carboxylic acids is 1. The van der Waals surface area contributed by atoms with Gasteiger partial charge in [0.15, 0.2) is 15.5 Å². The number of nitrogens with zero attached hydrogens (tertiary/aromatic N) is 3. The Balaban J connectivity index is 1.60. The van der Waals surface area contributed by atoms with Crippen molar-refractivity contribution in [2.45, 2.75) is 24.1 Å². The fourth-order valence-corrected chi connectivity index (χ4v) is 6.35. The summed E-state index contributed by atoms with van der Waals surface area (Å²) in [5.41, 5.74) is 3.47. The summed E-state index contributed by atoms with van der Waals surface area (Å²) in [5, 5.41) is 14.0. The number of ether oxygens (including phenoxy) is 1. The number of hydrogen-bond donors (Lipinski definition) is 1. The molecule has 2 aromatic carbocycles. The van der Waals surface area contributed by atoms with Gasteiger partial charge in [-0.25, -0.2) is 17.9 Å². The van der Waals surface area contributed by atoms with Crippen LogP contribution in [0.4, 0.5) is 0 Å². The third-order valence-electron chi connectivity index (χ3n) is 5.99. The molecule has 1 N–H and O–H groups in total. The second-order valence-electron chi connectivity index (χ2n) is 8.16. The Morgan fingerprint density at radius 2 is 1.84 bits per heavy atom. The summed E-state index contributed by atoms with van der Waals surface area (Å²) in [5.74, 6) is -1.62. The molecule has 3 aromatic rings. The van der Waals surface area contributed by atoms with Crippen LogP contribution in [0, 0.1) is 6.92 Å². The maximum absolute atomic E-state index is 13.0. The number of sulfone groups is 1. The number of carboxylic acids is 1. The van der Waals surface area contributed by atoms with Gasteiger partial charge in [0.1, 0.15) is 0 Å². The minimum Gasteiger partial charge on any atom is -0.476 e. The van der Waals surface area contributed by atoms with E-state index in [1.165, 1.54) is 0 Å². The van der Waals surface area contributed by atoms with Gasteiger partial charge in [-0.2, -0.15) is 5.10 Å². The fraction of sp³-hybridized carbons (Fsp3) is 0.304. The quantitative estimate of drug-likeness (QED) is 0.648. The van der Waals surface area contributed by atoms with Crippen LogP contribution in [0.2, 0.25) is 0 Å². The minimum atomic E-state index is -3.67. The smallest absolute Gasteiger partial charge is 0.356 e. The summed E-state index contributed by atoms with van der Waals surface area (Å²) in [6.07, 6.45) is 0. The number of morpholine rings is 1. The molecule has 0 unspecified atom stereocenters. The first-order valence-corrected chi connectivity index (χ1v) is 12.1. The Hall–Kier alpha value is -3.01. The van der Waals surface area contributed by atoms with Crippen molar-refractivity contribution in [2.24, 2.45) is 0 Å². The lowest BCUT2D eigenvalue weighted by atomic mass is 10.0. The third-order valence-corrected chi connectivity index (χ3v) is 7.82. The summed E-state index contributed by atoms with van der Waals surface area (Å²) < 4.78 is 32.9. The molecule has 1 aromatic heterocycles. The summed E-state index contributed by atoms with van der Waals surface area (Å²) in [6, 6.07) is 13.0. The predicted octanol–water partition coefficient (Wildman–Crippen LogP) is 2.67. The predicted molar refractivity (Wildman–Crippen MR) is 118 cm³/mol. The Morgan fingerprint density at radius 3 is 2.53 bits per heavy atom. The Bertz CT molecular complexity index is 1310. The molecule has 0 aliphatic carbocycles. The standard InChI is InChI=1S/C23H23N3O5S/c1-15-3-2-4-18-21-19(14-32(29,30)22(15)18)20(23(27)28)24-26(21)17-7-5-16(6-8-17)13-25-9-11-31-12-10-25/h2-8H,9-14H2,1H3,(H,27,28). The molecule has 166 valence electrons. The van der Waals surface area contributed by atoms with Crippen molar-refractivity contribution in [1.29, 1.82) is 0 Å². The number of aryl methyl sites for hydroxylation is 1. The zero-order valence-electron chi connectivity index (χ0n) is 17.6. The van der Waals surface area contributed by atoms with Crippen LogP contribution < -0.4 is 0 Å². The van der Waals surface area contributed by atoms with Gasteiger partial charge in [0.25, 0.3) is 0 Å². The van der Waals surface area contributed by atoms with E-state index in [4.69, 9.17) is 4.74 Å². The highest BCUT2D eigenvalue weighted by Crippen LogP contribution is 2.41. The van der Waals surface area contributed by atoms with Crippen molar-refractivity contribution in [3.8, 4) is 16.9 Å². The Kier molecular flexibility index (Phi) is 5.11. The Morgan fingerprint density at radius 1 is 1.12 bits per heavy atom. The Labute approximate surface area is 186 Å². The molecule has 0 bridgehead atoms. The van der Waals surface area contributed by atoms with Crippen molar-refractivity contribution in [3.63, 3.8) is 0 Å². The van der Waals surface area contributed by atoms with E-state index in [-0.39, 0.29) is 21.9 Å². The average molecular weight is 454 g/mol. The van der Waals surface area contributed by atoms with Gasteiger partial charge in [0.05, 0.1) is 35.2 Å². The van der Waals surface area contributed by atoms with Crippen LogP contribution >= 0.6 is 0 Å². The summed E-state index contributed by atoms with van der Waals surface area (Å²) in [7, 11) is -3.67. The minimum absolute atomic E-state index is 0.229. The van der Waals surface area contributed by atoms with E-state index in [9.17, 15) is 18.3 Å². The maximum atomic E-state index is 13.0. The number of carboxylic acid groups (broad SMARTS) is 1. The first-order chi connectivity index (χ1) is 15.3. The van der Waals surface area contributed by atoms with Crippen LogP contribution in [0.5, 0.6) is 0 Å². The van der Waals surface area contributed by atoms with Crippen molar-refractivity contribution in [3.05, 3.63) is 64.8 Å². The molecule has 0 spiro atoms. The maximum Gasteiger partial charge on any atom is 0.356 e. The van der Waals surface area contributed by atoms with E-state index < -0.39 is 15.8 Å². The lowest BCUT2D eigenvalue weighted by Gasteiger charge is -2.26. The second-order valence-corrected chi connectivity index (χ2v) is 10.1. The van der Waals surface area contributed by atoms with E-state index in [0.717, 1.165) is 38.4 Å². The summed E-state index contributed by atoms with van der Waals surface area (Å²) in [4.78, 5) is 14.5. The van der Waals surface area contributed by atoms with E-state index in [2.05, 4.69) is 10.00 Å². The van der Waals surface area contributed by atoms with Crippen LogP contribution in [0.3, 0.4) is 0 Å². The molecule has 2 aliphatic heterocycles. The van der Waals surface area contributed by atoms with Crippen LogP contribution in [-0.2, 0) is 26.9 Å². The normalized spacial score (nSPS) is 17.5. The van der Waals surface area contributed by atoms with Gasteiger partial charge in [-0.05, 0) is 30.2 Å². The molecular formula is C23H23N3O5S. The van der Waals surface area contributed by atoms with Gasteiger partial charge in [0, 0.05) is 30.8 Å². The highest BCUT2D eigenvalue weighted by atomic mass is 32.2. The topological polar surface area (TPSA) is 102 Å². The summed E-state index contributed by atoms with van der Waals surface area (Å²) >= 11 is 0. The molecule has 0 amide bonds. The highest BCUT2D eigenvalue weighted by Gasteiger charge is 2.36. The van der Waals surface area contributed by atoms with Gasteiger partial charge in [-0.3, -0.25) is 4.90 Å². The van der Waals surface area contributed by atoms with Crippen LogP contribution in [0.25, 0.3) is 16.9 Å². The molecule has 0 radical (unpaired) electrons. The molecule has 0 atom stereocenters. The zero-order valence-corrected chi connectivity index (χ0v) is 18.4. The zero-order chi connectivity index (χ0) is 22.5. The van der Waals surface area contributed by atoms with Crippen molar-refractivity contribution in [1.82, 2.24) is 14.7 Å². The number of carbonyl (C=O) groups is 1. The second kappa shape index (κ2) is 7.84. The molecule has 5 rings (SSSR count). The number of benzene rings is 2. The van der Waals surface area contributed by atoms with Gasteiger partial charge >= 0.3 is 5.97 Å². The molecular weight excluding hydrogens is 430 g/mol. The molecule has 32 heavy (non-hydrogen) atoms. The molecule has 2 aliphatic rings. The van der Waals surface area contributed by atoms with Crippen LogP contribution in [0.15, 0.2) is 47.4 Å².